The molecule has 0 bridgehead atoms. The van der Waals surface area contributed by atoms with Crippen LogP contribution < -0.4 is 4.89 Å². The van der Waals surface area contributed by atoms with Crippen molar-refractivity contribution in [2.24, 2.45) is 0 Å². The van der Waals surface area contributed by atoms with Crippen LogP contribution in [0.15, 0.2) is 109 Å². The van der Waals surface area contributed by atoms with Crippen molar-refractivity contribution < 1.29 is 47.2 Å². The Kier molecular flexibility index (Phi) is 36.6. The van der Waals surface area contributed by atoms with Gasteiger partial charge in [-0.2, -0.15) is 0 Å². The minimum atomic E-state index is -4.67. The zero-order valence-electron chi connectivity index (χ0n) is 37.0. The second-order valence-corrected chi connectivity index (χ2v) is 16.6. The van der Waals surface area contributed by atoms with Crippen LogP contribution in [0.25, 0.3) is 0 Å². The first kappa shape index (κ1) is 55.6. The molecule has 0 aromatic heterocycles. The Hall–Kier alpha value is -3.37. The summed E-state index contributed by atoms with van der Waals surface area (Å²) in [6, 6.07) is 0. The lowest BCUT2D eigenvalue weighted by molar-refractivity contribution is -0.870. The first-order valence-electron chi connectivity index (χ1n) is 21.7. The highest BCUT2D eigenvalue weighted by molar-refractivity contribution is 7.45. The lowest BCUT2D eigenvalue weighted by atomic mass is 10.1. The van der Waals surface area contributed by atoms with Crippen LogP contribution in [0.2, 0.25) is 0 Å². The Morgan fingerprint density at radius 2 is 1.07 bits per heavy atom. The largest absolute Gasteiger partial charge is 0.756 e. The molecular weight excluding hydrogens is 765 g/mol. The van der Waals surface area contributed by atoms with E-state index in [1.54, 1.807) is 0 Å². The van der Waals surface area contributed by atoms with E-state index in [0.29, 0.717) is 43.1 Å². The first-order valence-corrected chi connectivity index (χ1v) is 23.1. The Bertz CT molecular complexity index is 1380. The monoisotopic (exact) mass is 844 g/mol. The molecule has 0 aliphatic rings. The molecule has 0 aliphatic carbocycles. The summed E-state index contributed by atoms with van der Waals surface area (Å²) in [6.07, 6.45) is 49.1. The number of aliphatic hydroxyl groups is 1. The van der Waals surface area contributed by atoms with E-state index >= 15 is 0 Å². The van der Waals surface area contributed by atoms with Gasteiger partial charge in [-0.25, -0.2) is 0 Å². The molecule has 0 rings (SSSR count). The van der Waals surface area contributed by atoms with Crippen molar-refractivity contribution in [3.05, 3.63) is 109 Å². The number of unbranched alkanes of at least 4 members (excludes halogenated alkanes) is 2. The van der Waals surface area contributed by atoms with E-state index in [1.165, 1.54) is 0 Å². The number of rotatable bonds is 37. The fourth-order valence-electron chi connectivity index (χ4n) is 4.99. The van der Waals surface area contributed by atoms with E-state index in [0.717, 1.165) is 64.2 Å². The van der Waals surface area contributed by atoms with Crippen LogP contribution in [0, 0.1) is 0 Å². The zero-order chi connectivity index (χ0) is 43.7. The smallest absolute Gasteiger partial charge is 0.306 e. The average Bonchev–Trinajstić information content (AvgIpc) is 3.18. The fraction of sp³-hybridized carbons (Fsp3) is 0.583. The number of phosphoric acid groups is 1. The predicted molar refractivity (Wildman–Crippen MR) is 241 cm³/mol. The second kappa shape index (κ2) is 38.8. The Morgan fingerprint density at radius 3 is 1.53 bits per heavy atom. The van der Waals surface area contributed by atoms with Gasteiger partial charge in [-0.1, -0.05) is 130 Å². The number of allylic oxidation sites excluding steroid dienone is 17. The summed E-state index contributed by atoms with van der Waals surface area (Å²) in [6.45, 7) is 3.73. The molecule has 0 amide bonds. The maximum atomic E-state index is 12.7. The highest BCUT2D eigenvalue weighted by atomic mass is 31.2. The van der Waals surface area contributed by atoms with Gasteiger partial charge in [-0.15, -0.1) is 0 Å². The van der Waals surface area contributed by atoms with E-state index in [9.17, 15) is 24.2 Å². The number of carbonyl (C=O) groups excluding carboxylic acids is 2. The number of hydrogen-bond acceptors (Lipinski definition) is 9. The van der Waals surface area contributed by atoms with Crippen molar-refractivity contribution in [1.82, 2.24) is 0 Å². The minimum Gasteiger partial charge on any atom is -0.756 e. The van der Waals surface area contributed by atoms with Gasteiger partial charge in [0.15, 0.2) is 6.10 Å². The average molecular weight is 844 g/mol. The van der Waals surface area contributed by atoms with Crippen molar-refractivity contribution >= 4 is 19.8 Å². The summed E-state index contributed by atoms with van der Waals surface area (Å²) in [5.74, 6) is -1.00. The van der Waals surface area contributed by atoms with Gasteiger partial charge in [0.2, 0.25) is 0 Å². The number of phosphoric ester groups is 1. The maximum absolute atomic E-state index is 12.7. The van der Waals surface area contributed by atoms with Crippen LogP contribution in [0.4, 0.5) is 0 Å². The zero-order valence-corrected chi connectivity index (χ0v) is 37.9. The highest BCUT2D eigenvalue weighted by Gasteiger charge is 2.21. The molecule has 0 heterocycles. The summed E-state index contributed by atoms with van der Waals surface area (Å²) in [4.78, 5) is 37.5. The Balaban J connectivity index is 4.61. The Morgan fingerprint density at radius 1 is 0.627 bits per heavy atom. The quantitative estimate of drug-likeness (QED) is 0.0213. The van der Waals surface area contributed by atoms with Crippen LogP contribution in [-0.2, 0) is 32.7 Å². The van der Waals surface area contributed by atoms with Gasteiger partial charge in [-0.3, -0.25) is 14.2 Å². The summed E-state index contributed by atoms with van der Waals surface area (Å²) in [5, 5.41) is 9.74. The summed E-state index contributed by atoms with van der Waals surface area (Å²) >= 11 is 0. The molecule has 3 atom stereocenters. The molecule has 0 aliphatic heterocycles. The lowest BCUT2D eigenvalue weighted by Crippen LogP contribution is -2.37. The van der Waals surface area contributed by atoms with Gasteiger partial charge < -0.3 is 33.0 Å². The van der Waals surface area contributed by atoms with E-state index in [2.05, 4.69) is 98.9 Å². The molecule has 59 heavy (non-hydrogen) atoms. The molecule has 0 aromatic carbocycles. The van der Waals surface area contributed by atoms with Crippen molar-refractivity contribution in [3.63, 3.8) is 0 Å². The molecule has 334 valence electrons. The van der Waals surface area contributed by atoms with Crippen LogP contribution in [0.3, 0.4) is 0 Å². The summed E-state index contributed by atoms with van der Waals surface area (Å²) < 4.78 is 33.7. The molecule has 1 N–H and O–H groups in total. The Labute approximate surface area is 358 Å². The number of hydrogen-bond donors (Lipinski definition) is 1. The SMILES string of the molecule is CC/C=C\C/C=C\C/C=C\C/C=C\C/C=C\CCCC(=O)OC[C@H](COP(=O)([O-])OCC[N+](C)(C)C)OC(=O)CCC/C=C\C/C=C\C/C=C\C/C=C\CC(O)CCC. The van der Waals surface area contributed by atoms with E-state index in [1.807, 2.05) is 45.4 Å². The molecule has 11 heteroatoms. The number of likely N-dealkylation sites (N-methyl/N-ethyl adjacent to an activating group) is 1. The van der Waals surface area contributed by atoms with Gasteiger partial charge in [0.25, 0.3) is 7.82 Å². The molecule has 0 aromatic rings. The fourth-order valence-corrected chi connectivity index (χ4v) is 5.72. The number of quaternary nitrogens is 1. The summed E-state index contributed by atoms with van der Waals surface area (Å²) in [5.41, 5.74) is 0. The first-order chi connectivity index (χ1) is 28.4. The molecule has 2 unspecified atom stereocenters. The van der Waals surface area contributed by atoms with Gasteiger partial charge in [0.05, 0.1) is 33.9 Å². The van der Waals surface area contributed by atoms with Crippen molar-refractivity contribution in [3.8, 4) is 0 Å². The topological polar surface area (TPSA) is 131 Å². The van der Waals surface area contributed by atoms with Crippen LogP contribution >= 0.6 is 7.82 Å². The summed E-state index contributed by atoms with van der Waals surface area (Å²) in [7, 11) is 1.05. The minimum absolute atomic E-state index is 0.0634. The van der Waals surface area contributed by atoms with Crippen molar-refractivity contribution in [1.29, 1.82) is 0 Å². The van der Waals surface area contributed by atoms with Crippen molar-refractivity contribution in [2.75, 3.05) is 47.5 Å². The molecular formula is C48H78NO9P. The number of carbonyl (C=O) groups is 2. The molecule has 0 saturated heterocycles. The molecule has 0 spiro atoms. The molecule has 10 nitrogen and oxygen atoms in total. The number of ether oxygens (including phenoxy) is 2. The third-order valence-electron chi connectivity index (χ3n) is 8.33. The maximum Gasteiger partial charge on any atom is 0.306 e. The number of esters is 2. The third-order valence-corrected chi connectivity index (χ3v) is 9.30. The van der Waals surface area contributed by atoms with Crippen LogP contribution in [0.1, 0.15) is 123 Å². The molecule has 0 saturated carbocycles. The number of aliphatic hydroxyl groups excluding tert-OH is 1. The van der Waals surface area contributed by atoms with E-state index in [-0.39, 0.29) is 32.2 Å². The highest BCUT2D eigenvalue weighted by Crippen LogP contribution is 2.38. The van der Waals surface area contributed by atoms with Crippen LogP contribution in [-0.4, -0.2) is 81.2 Å². The number of nitrogens with zero attached hydrogens (tertiary/aromatic N) is 1. The van der Waals surface area contributed by atoms with Gasteiger partial charge in [0, 0.05) is 12.8 Å². The lowest BCUT2D eigenvalue weighted by Gasteiger charge is -2.28. The second-order valence-electron chi connectivity index (χ2n) is 15.1. The van der Waals surface area contributed by atoms with Gasteiger partial charge in [0.1, 0.15) is 19.8 Å². The molecule has 0 radical (unpaired) electrons. The van der Waals surface area contributed by atoms with Gasteiger partial charge in [-0.05, 0) is 89.9 Å². The van der Waals surface area contributed by atoms with Crippen LogP contribution in [0.5, 0.6) is 0 Å². The van der Waals surface area contributed by atoms with Gasteiger partial charge >= 0.3 is 11.9 Å². The van der Waals surface area contributed by atoms with E-state index in [4.69, 9.17) is 18.5 Å². The predicted octanol–water partition coefficient (Wildman–Crippen LogP) is 10.7. The standard InChI is InChI=1S/C48H78NO9P/c1-6-8-9-10-11-12-13-14-15-16-17-20-23-26-29-32-35-39-47(51)55-43-46(44-57-59(53,54)56-42-41-49(3,4)5)58-48(52)40-36-33-30-27-24-21-18-19-22-25-28-31-34-38-45(50)37-7-2/h8-9,11-12,14-15,17-18,20-22,25-27,29-31,34,45-46,50H,6-7,10,13,16,19,23-24,28,32-33,35-44H2,1-5H3/b9-8-,12-11-,15-14-,20-17-,21-18-,25-22-,29-26-,30-27-,34-31-/t45?,46-/m1/s1. The molecule has 0 fully saturated rings. The van der Waals surface area contributed by atoms with Crippen molar-refractivity contribution in [2.45, 2.75) is 135 Å². The van der Waals surface area contributed by atoms with E-state index < -0.39 is 32.5 Å². The third kappa shape index (κ3) is 42.6. The normalized spacial score (nSPS) is 15.2.